The lowest BCUT2D eigenvalue weighted by Gasteiger charge is -2.32. The SMILES string of the molecule is C=CCOc1ccccc1[C@@H]1C(C(=O)OCC)=C(C)N=C(C)C1C(=O)OCC. The molecule has 2 atom stereocenters. The molecule has 0 radical (unpaired) electrons. The number of nitrogens with zero attached hydrogens (tertiary/aromatic N) is 1. The number of esters is 2. The van der Waals surface area contributed by atoms with Crippen molar-refractivity contribution in [3.63, 3.8) is 0 Å². The van der Waals surface area contributed by atoms with Gasteiger partial charge in [0.2, 0.25) is 0 Å². The third-order valence-electron chi connectivity index (χ3n) is 4.47. The van der Waals surface area contributed by atoms with Gasteiger partial charge in [-0.3, -0.25) is 9.79 Å². The van der Waals surface area contributed by atoms with Crippen LogP contribution in [0.5, 0.6) is 5.75 Å². The minimum absolute atomic E-state index is 0.226. The standard InChI is InChI=1S/C22H27NO5/c1-6-13-28-17-12-10-9-11-16(17)20-18(21(24)26-7-2)14(4)23-15(5)19(20)22(25)27-8-3/h6,9-12,18,20H,1,7-8,13H2,2-5H3/t18?,20-/m0/s1. The number of hydrogen-bond acceptors (Lipinski definition) is 6. The van der Waals surface area contributed by atoms with E-state index in [-0.39, 0.29) is 13.2 Å². The lowest BCUT2D eigenvalue weighted by atomic mass is 9.75. The smallest absolute Gasteiger partial charge is 0.336 e. The van der Waals surface area contributed by atoms with Gasteiger partial charge in [0.25, 0.3) is 0 Å². The average molecular weight is 385 g/mol. The largest absolute Gasteiger partial charge is 0.489 e. The normalized spacial score (nSPS) is 18.9. The highest BCUT2D eigenvalue weighted by Crippen LogP contribution is 2.43. The second-order valence-corrected chi connectivity index (χ2v) is 6.32. The quantitative estimate of drug-likeness (QED) is 0.502. The molecule has 6 nitrogen and oxygen atoms in total. The Kier molecular flexibility index (Phi) is 7.55. The molecule has 0 fully saturated rings. The first-order valence-electron chi connectivity index (χ1n) is 9.38. The molecule has 1 aliphatic heterocycles. The van der Waals surface area contributed by atoms with Gasteiger partial charge in [-0.2, -0.15) is 0 Å². The van der Waals surface area contributed by atoms with Crippen LogP contribution >= 0.6 is 0 Å². The van der Waals surface area contributed by atoms with Crippen molar-refractivity contribution >= 4 is 17.7 Å². The summed E-state index contributed by atoms with van der Waals surface area (Å²) < 4.78 is 16.4. The van der Waals surface area contributed by atoms with Gasteiger partial charge in [0.15, 0.2) is 0 Å². The number of aliphatic imine (C=N–C) groups is 1. The fraction of sp³-hybridized carbons (Fsp3) is 0.409. The van der Waals surface area contributed by atoms with Gasteiger partial charge in [0.05, 0.1) is 18.8 Å². The van der Waals surface area contributed by atoms with E-state index in [0.717, 1.165) is 0 Å². The number of hydrogen-bond donors (Lipinski definition) is 0. The molecule has 0 N–H and O–H groups in total. The monoisotopic (exact) mass is 385 g/mol. The molecule has 0 aliphatic carbocycles. The summed E-state index contributed by atoms with van der Waals surface area (Å²) in [6.07, 6.45) is 1.64. The molecule has 28 heavy (non-hydrogen) atoms. The van der Waals surface area contributed by atoms with Crippen LogP contribution in [0.3, 0.4) is 0 Å². The van der Waals surface area contributed by atoms with E-state index in [0.29, 0.717) is 34.9 Å². The Morgan fingerprint density at radius 2 is 1.82 bits per heavy atom. The van der Waals surface area contributed by atoms with Crippen LogP contribution in [-0.2, 0) is 19.1 Å². The molecular weight excluding hydrogens is 358 g/mol. The maximum atomic E-state index is 12.8. The van der Waals surface area contributed by atoms with E-state index in [1.54, 1.807) is 39.8 Å². The number of para-hydroxylation sites is 1. The summed E-state index contributed by atoms with van der Waals surface area (Å²) in [5.74, 6) is -1.70. The molecule has 0 saturated carbocycles. The zero-order valence-electron chi connectivity index (χ0n) is 16.9. The van der Waals surface area contributed by atoms with E-state index in [1.807, 2.05) is 18.2 Å². The Hall–Kier alpha value is -2.89. The molecule has 0 aromatic heterocycles. The van der Waals surface area contributed by atoms with Crippen molar-refractivity contribution in [3.8, 4) is 5.75 Å². The summed E-state index contributed by atoms with van der Waals surface area (Å²) in [5, 5.41) is 0. The zero-order valence-corrected chi connectivity index (χ0v) is 16.9. The highest BCUT2D eigenvalue weighted by Gasteiger charge is 2.43. The molecule has 2 rings (SSSR count). The number of carbonyl (C=O) groups is 2. The van der Waals surface area contributed by atoms with E-state index < -0.39 is 23.8 Å². The van der Waals surface area contributed by atoms with Gasteiger partial charge in [-0.1, -0.05) is 30.9 Å². The Labute approximate surface area is 165 Å². The molecule has 6 heteroatoms. The van der Waals surface area contributed by atoms with Crippen LogP contribution in [0.15, 0.2) is 53.2 Å². The topological polar surface area (TPSA) is 74.2 Å². The summed E-state index contributed by atoms with van der Waals surface area (Å²) in [6.45, 7) is 11.4. The van der Waals surface area contributed by atoms with Crippen molar-refractivity contribution in [1.29, 1.82) is 0 Å². The number of carbonyl (C=O) groups excluding carboxylic acids is 2. The highest BCUT2D eigenvalue weighted by molar-refractivity contribution is 6.07. The number of ether oxygens (including phenoxy) is 3. The minimum atomic E-state index is -0.739. The third kappa shape index (κ3) is 4.50. The maximum Gasteiger partial charge on any atom is 0.336 e. The first-order chi connectivity index (χ1) is 13.5. The molecule has 0 amide bonds. The molecule has 150 valence electrons. The van der Waals surface area contributed by atoms with Crippen molar-refractivity contribution in [3.05, 3.63) is 53.8 Å². The fourth-order valence-corrected chi connectivity index (χ4v) is 3.40. The maximum absolute atomic E-state index is 12.8. The number of benzene rings is 1. The summed E-state index contributed by atoms with van der Waals surface area (Å²) in [7, 11) is 0. The van der Waals surface area contributed by atoms with Crippen LogP contribution in [-0.4, -0.2) is 37.5 Å². The van der Waals surface area contributed by atoms with Gasteiger partial charge in [0.1, 0.15) is 18.3 Å². The van der Waals surface area contributed by atoms with Crippen LogP contribution in [0.25, 0.3) is 0 Å². The van der Waals surface area contributed by atoms with E-state index in [1.165, 1.54) is 0 Å². The third-order valence-corrected chi connectivity index (χ3v) is 4.47. The van der Waals surface area contributed by atoms with Crippen LogP contribution in [0.4, 0.5) is 0 Å². The molecular formula is C22H27NO5. The van der Waals surface area contributed by atoms with Crippen molar-refractivity contribution in [2.45, 2.75) is 33.6 Å². The Balaban J connectivity index is 2.67. The summed E-state index contributed by atoms with van der Waals surface area (Å²) in [4.78, 5) is 30.1. The first-order valence-corrected chi connectivity index (χ1v) is 9.38. The molecule has 1 aromatic carbocycles. The van der Waals surface area contributed by atoms with E-state index >= 15 is 0 Å². The molecule has 0 saturated heterocycles. The molecule has 1 aromatic rings. The van der Waals surface area contributed by atoms with E-state index in [4.69, 9.17) is 14.2 Å². The number of rotatable bonds is 8. The molecule has 0 spiro atoms. The molecule has 1 aliphatic rings. The molecule has 0 bridgehead atoms. The second-order valence-electron chi connectivity index (χ2n) is 6.32. The van der Waals surface area contributed by atoms with Crippen LogP contribution in [0.2, 0.25) is 0 Å². The summed E-state index contributed by atoms with van der Waals surface area (Å²) >= 11 is 0. The molecule has 1 unspecified atom stereocenters. The van der Waals surface area contributed by atoms with Crippen LogP contribution in [0.1, 0.15) is 39.2 Å². The lowest BCUT2D eigenvalue weighted by molar-refractivity contribution is -0.146. The Morgan fingerprint density at radius 1 is 1.14 bits per heavy atom. The van der Waals surface area contributed by atoms with Crippen LogP contribution < -0.4 is 4.74 Å². The van der Waals surface area contributed by atoms with E-state index in [2.05, 4.69) is 11.6 Å². The van der Waals surface area contributed by atoms with Gasteiger partial charge >= 0.3 is 11.9 Å². The zero-order chi connectivity index (χ0) is 20.7. The predicted octanol–water partition coefficient (Wildman–Crippen LogP) is 3.83. The fourth-order valence-electron chi connectivity index (χ4n) is 3.40. The Bertz CT molecular complexity index is 809. The Morgan fingerprint density at radius 3 is 2.46 bits per heavy atom. The first kappa shape index (κ1) is 21.4. The van der Waals surface area contributed by atoms with Gasteiger partial charge < -0.3 is 14.2 Å². The second kappa shape index (κ2) is 9.88. The van der Waals surface area contributed by atoms with E-state index in [9.17, 15) is 9.59 Å². The number of allylic oxidation sites excluding steroid dienone is 1. The van der Waals surface area contributed by atoms with Gasteiger partial charge in [-0.05, 0) is 33.8 Å². The predicted molar refractivity (Wildman–Crippen MR) is 107 cm³/mol. The van der Waals surface area contributed by atoms with Crippen molar-refractivity contribution in [2.24, 2.45) is 10.9 Å². The van der Waals surface area contributed by atoms with Crippen molar-refractivity contribution < 1.29 is 23.8 Å². The van der Waals surface area contributed by atoms with Crippen molar-refractivity contribution in [2.75, 3.05) is 19.8 Å². The van der Waals surface area contributed by atoms with Crippen molar-refractivity contribution in [1.82, 2.24) is 0 Å². The minimum Gasteiger partial charge on any atom is -0.489 e. The van der Waals surface area contributed by atoms with Gasteiger partial charge in [0, 0.05) is 22.9 Å². The van der Waals surface area contributed by atoms with Crippen LogP contribution in [0, 0.1) is 5.92 Å². The summed E-state index contributed by atoms with van der Waals surface area (Å²) in [6, 6.07) is 7.34. The average Bonchev–Trinajstić information content (AvgIpc) is 2.66. The highest BCUT2D eigenvalue weighted by atomic mass is 16.5. The molecule has 1 heterocycles. The van der Waals surface area contributed by atoms with Gasteiger partial charge in [-0.15, -0.1) is 0 Å². The lowest BCUT2D eigenvalue weighted by Crippen LogP contribution is -2.36. The van der Waals surface area contributed by atoms with Gasteiger partial charge in [-0.25, -0.2) is 4.79 Å². The summed E-state index contributed by atoms with van der Waals surface area (Å²) in [5.41, 5.74) is 2.17.